The van der Waals surface area contributed by atoms with Crippen LogP contribution >= 0.6 is 15.9 Å². The highest BCUT2D eigenvalue weighted by Crippen LogP contribution is 2.25. The fraction of sp³-hybridized carbons (Fsp3) is 0.571. The van der Waals surface area contributed by atoms with Gasteiger partial charge in [0.05, 0.1) is 10.6 Å². The van der Waals surface area contributed by atoms with Crippen molar-refractivity contribution in [2.45, 2.75) is 18.9 Å². The summed E-state index contributed by atoms with van der Waals surface area (Å²) in [6.07, 6.45) is 1.74. The summed E-state index contributed by atoms with van der Waals surface area (Å²) >= 11 is 3.44. The highest BCUT2D eigenvalue weighted by atomic mass is 79.9. The number of likely N-dealkylation sites (tertiary alicyclic amines) is 1. The van der Waals surface area contributed by atoms with E-state index in [-0.39, 0.29) is 6.10 Å². The largest absolute Gasteiger partial charge is 0.490 e. The van der Waals surface area contributed by atoms with Crippen molar-refractivity contribution in [3.05, 3.63) is 28.7 Å². The molecule has 1 aliphatic rings. The van der Waals surface area contributed by atoms with Crippen molar-refractivity contribution in [2.75, 3.05) is 26.7 Å². The van der Waals surface area contributed by atoms with E-state index in [2.05, 4.69) is 27.9 Å². The Labute approximate surface area is 117 Å². The normalized spacial score (nSPS) is 19.7. The van der Waals surface area contributed by atoms with Crippen LogP contribution < -0.4 is 4.74 Å². The van der Waals surface area contributed by atoms with Crippen LogP contribution in [0.4, 0.5) is 0 Å². The summed E-state index contributed by atoms with van der Waals surface area (Å²) in [7, 11) is 2.13. The van der Waals surface area contributed by atoms with Gasteiger partial charge in [-0.15, -0.1) is 0 Å². The zero-order chi connectivity index (χ0) is 13.0. The number of para-hydroxylation sites is 1. The second kappa shape index (κ2) is 6.55. The molecule has 4 heteroatoms. The molecule has 1 aliphatic heterocycles. The molecule has 1 aromatic rings. The van der Waals surface area contributed by atoms with Gasteiger partial charge in [0.25, 0.3) is 0 Å². The van der Waals surface area contributed by atoms with E-state index in [0.29, 0.717) is 12.5 Å². The Morgan fingerprint density at radius 1 is 1.39 bits per heavy atom. The van der Waals surface area contributed by atoms with Gasteiger partial charge in [0.2, 0.25) is 0 Å². The van der Waals surface area contributed by atoms with Crippen molar-refractivity contribution in [1.82, 2.24) is 4.90 Å². The SMILES string of the molecule is CN1CCC(C(O)COc2ccccc2Br)CC1. The van der Waals surface area contributed by atoms with Gasteiger partial charge in [-0.25, -0.2) is 0 Å². The van der Waals surface area contributed by atoms with Crippen molar-refractivity contribution < 1.29 is 9.84 Å². The summed E-state index contributed by atoms with van der Waals surface area (Å²) in [4.78, 5) is 2.30. The molecule has 0 radical (unpaired) electrons. The van der Waals surface area contributed by atoms with E-state index in [0.717, 1.165) is 36.2 Å². The molecule has 0 spiro atoms. The van der Waals surface area contributed by atoms with Crippen molar-refractivity contribution in [2.24, 2.45) is 5.92 Å². The number of aliphatic hydroxyl groups excluding tert-OH is 1. The lowest BCUT2D eigenvalue weighted by molar-refractivity contribution is 0.0296. The summed E-state index contributed by atoms with van der Waals surface area (Å²) in [6, 6.07) is 7.73. The lowest BCUT2D eigenvalue weighted by atomic mass is 9.92. The second-order valence-electron chi connectivity index (χ2n) is 4.95. The molecule has 1 aromatic carbocycles. The number of hydrogen-bond acceptors (Lipinski definition) is 3. The molecule has 1 heterocycles. The average Bonchev–Trinajstić information content (AvgIpc) is 2.38. The van der Waals surface area contributed by atoms with Crippen molar-refractivity contribution in [1.29, 1.82) is 0 Å². The van der Waals surface area contributed by atoms with E-state index < -0.39 is 0 Å². The number of nitrogens with zero attached hydrogens (tertiary/aromatic N) is 1. The first kappa shape index (κ1) is 13.8. The van der Waals surface area contributed by atoms with Crippen LogP contribution in [0.3, 0.4) is 0 Å². The highest BCUT2D eigenvalue weighted by molar-refractivity contribution is 9.10. The van der Waals surface area contributed by atoms with E-state index in [1.807, 2.05) is 24.3 Å². The van der Waals surface area contributed by atoms with Gasteiger partial charge in [0.1, 0.15) is 12.4 Å². The Morgan fingerprint density at radius 3 is 2.72 bits per heavy atom. The molecule has 1 N–H and O–H groups in total. The first-order valence-corrected chi connectivity index (χ1v) is 7.20. The van der Waals surface area contributed by atoms with Crippen LogP contribution in [0.1, 0.15) is 12.8 Å². The number of rotatable bonds is 4. The second-order valence-corrected chi connectivity index (χ2v) is 5.80. The Bertz CT molecular complexity index is 378. The lowest BCUT2D eigenvalue weighted by Gasteiger charge is -2.31. The molecular weight excluding hydrogens is 294 g/mol. The van der Waals surface area contributed by atoms with Crippen LogP contribution in [0.15, 0.2) is 28.7 Å². The summed E-state index contributed by atoms with van der Waals surface area (Å²) < 4.78 is 6.60. The van der Waals surface area contributed by atoms with E-state index in [4.69, 9.17) is 4.74 Å². The standard InChI is InChI=1S/C14H20BrNO2/c1-16-8-6-11(7-9-16)13(17)10-18-14-5-3-2-4-12(14)15/h2-5,11,13,17H,6-10H2,1H3. The molecule has 1 fully saturated rings. The molecule has 0 aromatic heterocycles. The smallest absolute Gasteiger partial charge is 0.133 e. The third-order valence-electron chi connectivity index (χ3n) is 3.55. The van der Waals surface area contributed by atoms with Gasteiger partial charge in [-0.2, -0.15) is 0 Å². The number of halogens is 1. The first-order valence-electron chi connectivity index (χ1n) is 6.41. The van der Waals surface area contributed by atoms with Gasteiger partial charge < -0.3 is 14.7 Å². The Morgan fingerprint density at radius 2 is 2.06 bits per heavy atom. The molecule has 100 valence electrons. The maximum Gasteiger partial charge on any atom is 0.133 e. The van der Waals surface area contributed by atoms with Gasteiger partial charge in [-0.3, -0.25) is 0 Å². The molecule has 1 unspecified atom stereocenters. The maximum absolute atomic E-state index is 10.2. The molecule has 1 saturated heterocycles. The van der Waals surface area contributed by atoms with Gasteiger partial charge in [0.15, 0.2) is 0 Å². The van der Waals surface area contributed by atoms with Crippen LogP contribution in [0.25, 0.3) is 0 Å². The summed E-state index contributed by atoms with van der Waals surface area (Å²) in [5, 5.41) is 10.2. The molecule has 18 heavy (non-hydrogen) atoms. The molecule has 3 nitrogen and oxygen atoms in total. The number of hydrogen-bond donors (Lipinski definition) is 1. The van der Waals surface area contributed by atoms with Crippen LogP contribution in [-0.4, -0.2) is 42.9 Å². The Balaban J connectivity index is 1.81. The van der Waals surface area contributed by atoms with E-state index in [1.165, 1.54) is 0 Å². The number of aliphatic hydroxyl groups is 1. The minimum Gasteiger partial charge on any atom is -0.490 e. The number of ether oxygens (including phenoxy) is 1. The fourth-order valence-electron chi connectivity index (χ4n) is 2.29. The van der Waals surface area contributed by atoms with Crippen LogP contribution in [0.2, 0.25) is 0 Å². The van der Waals surface area contributed by atoms with Gasteiger partial charge >= 0.3 is 0 Å². The molecule has 2 rings (SSSR count). The third kappa shape index (κ3) is 3.70. The maximum atomic E-state index is 10.2. The molecule has 0 bridgehead atoms. The predicted octanol–water partition coefficient (Wildman–Crippen LogP) is 2.53. The molecule has 1 atom stereocenters. The summed E-state index contributed by atoms with van der Waals surface area (Å²) in [5.74, 6) is 1.16. The fourth-order valence-corrected chi connectivity index (χ4v) is 2.69. The molecule has 0 aliphatic carbocycles. The zero-order valence-corrected chi connectivity index (χ0v) is 12.3. The first-order chi connectivity index (χ1) is 8.66. The van der Waals surface area contributed by atoms with Gasteiger partial charge in [0, 0.05) is 0 Å². The summed E-state index contributed by atoms with van der Waals surface area (Å²) in [5.41, 5.74) is 0. The van der Waals surface area contributed by atoms with E-state index in [9.17, 15) is 5.11 Å². The predicted molar refractivity (Wildman–Crippen MR) is 75.9 cm³/mol. The Hall–Kier alpha value is -0.580. The highest BCUT2D eigenvalue weighted by Gasteiger charge is 2.24. The van der Waals surface area contributed by atoms with Crippen LogP contribution in [0, 0.1) is 5.92 Å². The van der Waals surface area contributed by atoms with Crippen molar-refractivity contribution in [3.63, 3.8) is 0 Å². The average molecular weight is 314 g/mol. The van der Waals surface area contributed by atoms with Crippen molar-refractivity contribution in [3.8, 4) is 5.75 Å². The molecule has 0 saturated carbocycles. The van der Waals surface area contributed by atoms with Crippen LogP contribution in [0.5, 0.6) is 5.75 Å². The minimum atomic E-state index is -0.370. The topological polar surface area (TPSA) is 32.7 Å². The monoisotopic (exact) mass is 313 g/mol. The minimum absolute atomic E-state index is 0.365. The van der Waals surface area contributed by atoms with E-state index in [1.54, 1.807) is 0 Å². The van der Waals surface area contributed by atoms with Gasteiger partial charge in [-0.1, -0.05) is 12.1 Å². The lowest BCUT2D eigenvalue weighted by Crippen LogP contribution is -2.37. The van der Waals surface area contributed by atoms with Crippen LogP contribution in [-0.2, 0) is 0 Å². The molecule has 0 amide bonds. The van der Waals surface area contributed by atoms with Crippen molar-refractivity contribution >= 4 is 15.9 Å². The quantitative estimate of drug-likeness (QED) is 0.927. The third-order valence-corrected chi connectivity index (χ3v) is 4.21. The van der Waals surface area contributed by atoms with Gasteiger partial charge in [-0.05, 0) is 67.0 Å². The zero-order valence-electron chi connectivity index (χ0n) is 10.7. The summed E-state index contributed by atoms with van der Waals surface area (Å²) in [6.45, 7) is 2.50. The number of benzene rings is 1. The molecular formula is C14H20BrNO2. The number of piperidine rings is 1. The van der Waals surface area contributed by atoms with E-state index >= 15 is 0 Å². The Kier molecular flexibility index (Phi) is 5.03.